The van der Waals surface area contributed by atoms with Crippen molar-refractivity contribution in [1.82, 2.24) is 4.90 Å². The van der Waals surface area contributed by atoms with Crippen molar-refractivity contribution < 1.29 is 14.3 Å². The standard InChI is InChI=1S/C21H26N2O3/c1-25-19-9-10-20(26-2)17(16-19)8-11-21(24)23-14-12-22(13-15-23)18-6-4-3-5-7-18/h3-7,9-10,16H,8,11-15H2,1-2H3. The molecule has 26 heavy (non-hydrogen) atoms. The number of hydrogen-bond acceptors (Lipinski definition) is 4. The van der Waals surface area contributed by atoms with Crippen LogP contribution in [0.15, 0.2) is 48.5 Å². The van der Waals surface area contributed by atoms with Crippen LogP contribution in [0.2, 0.25) is 0 Å². The normalized spacial score (nSPS) is 14.2. The molecule has 2 aromatic carbocycles. The predicted octanol–water partition coefficient (Wildman–Crippen LogP) is 2.99. The fourth-order valence-electron chi connectivity index (χ4n) is 3.33. The van der Waals surface area contributed by atoms with E-state index in [0.29, 0.717) is 12.8 Å². The van der Waals surface area contributed by atoms with Gasteiger partial charge in [0.25, 0.3) is 0 Å². The lowest BCUT2D eigenvalue weighted by Crippen LogP contribution is -2.48. The largest absolute Gasteiger partial charge is 0.497 e. The molecule has 1 fully saturated rings. The molecule has 0 saturated carbocycles. The highest BCUT2D eigenvalue weighted by Crippen LogP contribution is 2.25. The second-order valence-electron chi connectivity index (χ2n) is 6.38. The van der Waals surface area contributed by atoms with Gasteiger partial charge in [-0.1, -0.05) is 18.2 Å². The van der Waals surface area contributed by atoms with E-state index in [4.69, 9.17) is 9.47 Å². The van der Waals surface area contributed by atoms with Crippen LogP contribution in [-0.4, -0.2) is 51.2 Å². The fraction of sp³-hybridized carbons (Fsp3) is 0.381. The van der Waals surface area contributed by atoms with Crippen molar-refractivity contribution in [2.75, 3.05) is 45.3 Å². The first-order valence-corrected chi connectivity index (χ1v) is 9.00. The number of carbonyl (C=O) groups excluding carboxylic acids is 1. The Hall–Kier alpha value is -2.69. The van der Waals surface area contributed by atoms with E-state index in [1.165, 1.54) is 5.69 Å². The molecule has 0 radical (unpaired) electrons. The molecule has 0 spiro atoms. The minimum absolute atomic E-state index is 0.197. The summed E-state index contributed by atoms with van der Waals surface area (Å²) in [4.78, 5) is 16.9. The molecule has 0 atom stereocenters. The number of ether oxygens (including phenoxy) is 2. The number of benzene rings is 2. The number of para-hydroxylation sites is 1. The van der Waals surface area contributed by atoms with Gasteiger partial charge >= 0.3 is 0 Å². The van der Waals surface area contributed by atoms with Crippen LogP contribution in [0.4, 0.5) is 5.69 Å². The molecule has 1 aliphatic heterocycles. The van der Waals surface area contributed by atoms with Gasteiger partial charge in [-0.15, -0.1) is 0 Å². The Morgan fingerprint density at radius 3 is 2.35 bits per heavy atom. The van der Waals surface area contributed by atoms with Crippen molar-refractivity contribution in [2.24, 2.45) is 0 Å². The molecule has 138 valence electrons. The molecule has 0 bridgehead atoms. The first kappa shape index (κ1) is 18.1. The summed E-state index contributed by atoms with van der Waals surface area (Å²) in [5.41, 5.74) is 2.23. The summed E-state index contributed by atoms with van der Waals surface area (Å²) >= 11 is 0. The summed E-state index contributed by atoms with van der Waals surface area (Å²) in [5.74, 6) is 1.78. The molecule has 0 aliphatic carbocycles. The minimum Gasteiger partial charge on any atom is -0.497 e. The molecule has 0 N–H and O–H groups in total. The van der Waals surface area contributed by atoms with E-state index >= 15 is 0 Å². The molecule has 0 aromatic heterocycles. The summed E-state index contributed by atoms with van der Waals surface area (Å²) in [6.07, 6.45) is 1.13. The van der Waals surface area contributed by atoms with E-state index < -0.39 is 0 Å². The number of anilines is 1. The molecular formula is C21H26N2O3. The SMILES string of the molecule is COc1ccc(OC)c(CCC(=O)N2CCN(c3ccccc3)CC2)c1. The minimum atomic E-state index is 0.197. The van der Waals surface area contributed by atoms with Crippen LogP contribution in [0, 0.1) is 0 Å². The number of methoxy groups -OCH3 is 2. The highest BCUT2D eigenvalue weighted by Gasteiger charge is 2.21. The van der Waals surface area contributed by atoms with Crippen LogP contribution < -0.4 is 14.4 Å². The number of hydrogen-bond donors (Lipinski definition) is 0. The summed E-state index contributed by atoms with van der Waals surface area (Å²) < 4.78 is 10.7. The maximum absolute atomic E-state index is 12.6. The average Bonchev–Trinajstić information content (AvgIpc) is 2.72. The zero-order chi connectivity index (χ0) is 18.4. The molecule has 1 amide bonds. The van der Waals surface area contributed by atoms with Crippen molar-refractivity contribution in [2.45, 2.75) is 12.8 Å². The van der Waals surface area contributed by atoms with Crippen LogP contribution in [0.25, 0.3) is 0 Å². The van der Waals surface area contributed by atoms with Crippen LogP contribution >= 0.6 is 0 Å². The summed E-state index contributed by atoms with van der Waals surface area (Å²) in [7, 11) is 3.29. The van der Waals surface area contributed by atoms with Gasteiger partial charge in [0.2, 0.25) is 5.91 Å². The molecule has 5 heteroatoms. The molecule has 5 nitrogen and oxygen atoms in total. The number of amides is 1. The van der Waals surface area contributed by atoms with Crippen LogP contribution in [0.5, 0.6) is 11.5 Å². The molecule has 1 saturated heterocycles. The fourth-order valence-corrected chi connectivity index (χ4v) is 3.33. The Bertz CT molecular complexity index is 725. The number of nitrogens with zero attached hydrogens (tertiary/aromatic N) is 2. The molecule has 0 unspecified atom stereocenters. The second-order valence-corrected chi connectivity index (χ2v) is 6.38. The van der Waals surface area contributed by atoms with E-state index in [0.717, 1.165) is 43.2 Å². The molecular weight excluding hydrogens is 328 g/mol. The summed E-state index contributed by atoms with van der Waals surface area (Å²) in [6, 6.07) is 16.1. The van der Waals surface area contributed by atoms with Crippen LogP contribution in [0.1, 0.15) is 12.0 Å². The van der Waals surface area contributed by atoms with Gasteiger partial charge < -0.3 is 19.3 Å². The zero-order valence-electron chi connectivity index (χ0n) is 15.5. The lowest BCUT2D eigenvalue weighted by atomic mass is 10.1. The van der Waals surface area contributed by atoms with Crippen molar-refractivity contribution in [3.63, 3.8) is 0 Å². The number of piperazine rings is 1. The third kappa shape index (κ3) is 4.28. The summed E-state index contributed by atoms with van der Waals surface area (Å²) in [6.45, 7) is 3.28. The number of carbonyl (C=O) groups is 1. The molecule has 1 heterocycles. The highest BCUT2D eigenvalue weighted by atomic mass is 16.5. The lowest BCUT2D eigenvalue weighted by molar-refractivity contribution is -0.131. The van der Waals surface area contributed by atoms with E-state index in [-0.39, 0.29) is 5.91 Å². The number of aryl methyl sites for hydroxylation is 1. The van der Waals surface area contributed by atoms with Gasteiger partial charge in [-0.25, -0.2) is 0 Å². The third-order valence-electron chi connectivity index (χ3n) is 4.85. The van der Waals surface area contributed by atoms with Gasteiger partial charge in [0.05, 0.1) is 14.2 Å². The molecule has 3 rings (SSSR count). The van der Waals surface area contributed by atoms with Crippen molar-refractivity contribution in [1.29, 1.82) is 0 Å². The number of rotatable bonds is 6. The van der Waals surface area contributed by atoms with Gasteiger partial charge in [-0.2, -0.15) is 0 Å². The quantitative estimate of drug-likeness (QED) is 0.800. The Balaban J connectivity index is 1.53. The second kappa shape index (κ2) is 8.61. The van der Waals surface area contributed by atoms with Gasteiger partial charge in [-0.05, 0) is 42.3 Å². The van der Waals surface area contributed by atoms with Crippen molar-refractivity contribution in [3.05, 3.63) is 54.1 Å². The van der Waals surface area contributed by atoms with Crippen molar-refractivity contribution >= 4 is 11.6 Å². The smallest absolute Gasteiger partial charge is 0.223 e. The van der Waals surface area contributed by atoms with E-state index in [1.54, 1.807) is 14.2 Å². The average molecular weight is 354 g/mol. The van der Waals surface area contributed by atoms with E-state index in [9.17, 15) is 4.79 Å². The van der Waals surface area contributed by atoms with Gasteiger partial charge in [0.15, 0.2) is 0 Å². The zero-order valence-corrected chi connectivity index (χ0v) is 15.5. The van der Waals surface area contributed by atoms with Gasteiger partial charge in [-0.3, -0.25) is 4.79 Å². The summed E-state index contributed by atoms with van der Waals surface area (Å²) in [5, 5.41) is 0. The van der Waals surface area contributed by atoms with Crippen molar-refractivity contribution in [3.8, 4) is 11.5 Å². The monoisotopic (exact) mass is 354 g/mol. The van der Waals surface area contributed by atoms with E-state index in [2.05, 4.69) is 17.0 Å². The highest BCUT2D eigenvalue weighted by molar-refractivity contribution is 5.77. The first-order chi connectivity index (χ1) is 12.7. The third-order valence-corrected chi connectivity index (χ3v) is 4.85. The van der Waals surface area contributed by atoms with Gasteiger partial charge in [0, 0.05) is 38.3 Å². The topological polar surface area (TPSA) is 42.0 Å². The Morgan fingerprint density at radius 2 is 1.69 bits per heavy atom. The maximum Gasteiger partial charge on any atom is 0.223 e. The Kier molecular flexibility index (Phi) is 6.00. The Morgan fingerprint density at radius 1 is 0.962 bits per heavy atom. The predicted molar refractivity (Wildman–Crippen MR) is 103 cm³/mol. The van der Waals surface area contributed by atoms with Crippen LogP contribution in [-0.2, 0) is 11.2 Å². The molecule has 1 aliphatic rings. The van der Waals surface area contributed by atoms with Crippen LogP contribution in [0.3, 0.4) is 0 Å². The van der Waals surface area contributed by atoms with Gasteiger partial charge in [0.1, 0.15) is 11.5 Å². The first-order valence-electron chi connectivity index (χ1n) is 9.00. The maximum atomic E-state index is 12.6. The van der Waals surface area contributed by atoms with E-state index in [1.807, 2.05) is 41.3 Å². The lowest BCUT2D eigenvalue weighted by Gasteiger charge is -2.36. The Labute approximate surface area is 155 Å². The molecule has 2 aromatic rings.